The summed E-state index contributed by atoms with van der Waals surface area (Å²) in [4.78, 5) is 11.6. The first-order valence-electron chi connectivity index (χ1n) is 5.88. The normalized spacial score (nSPS) is 43.3. The summed E-state index contributed by atoms with van der Waals surface area (Å²) in [7, 11) is 1.77. The minimum atomic E-state index is 0.0106. The lowest BCUT2D eigenvalue weighted by atomic mass is 9.88. The summed E-state index contributed by atoms with van der Waals surface area (Å²) in [6.07, 6.45) is 2.49. The highest BCUT2D eigenvalue weighted by Crippen LogP contribution is 2.57. The smallest absolute Gasteiger partial charge is 0.309 e. The Morgan fingerprint density at radius 3 is 2.60 bits per heavy atom. The number of hydrogen-bond donors (Lipinski definition) is 0. The standard InChI is InChI=1S/C12H20O3/c1-4-15-12(13)11-8-5-7(2)10(14-3)6-9(8)11/h7-11H,4-6H2,1-3H3. The molecule has 3 heteroatoms. The number of fused-ring (bicyclic) bond motifs is 1. The molecule has 0 radical (unpaired) electrons. The Labute approximate surface area is 91.1 Å². The van der Waals surface area contributed by atoms with Crippen molar-refractivity contribution in [3.8, 4) is 0 Å². The number of hydrogen-bond acceptors (Lipinski definition) is 3. The molecule has 0 amide bonds. The van der Waals surface area contributed by atoms with Crippen molar-refractivity contribution in [1.29, 1.82) is 0 Å². The van der Waals surface area contributed by atoms with E-state index in [0.717, 1.165) is 12.8 Å². The van der Waals surface area contributed by atoms with E-state index in [1.54, 1.807) is 7.11 Å². The van der Waals surface area contributed by atoms with Gasteiger partial charge in [-0.25, -0.2) is 0 Å². The summed E-state index contributed by atoms with van der Waals surface area (Å²) in [5, 5.41) is 0. The van der Waals surface area contributed by atoms with Gasteiger partial charge in [0.15, 0.2) is 0 Å². The van der Waals surface area contributed by atoms with Crippen LogP contribution in [0.5, 0.6) is 0 Å². The quantitative estimate of drug-likeness (QED) is 0.670. The Balaban J connectivity index is 1.92. The van der Waals surface area contributed by atoms with Crippen LogP contribution in [0.3, 0.4) is 0 Å². The van der Waals surface area contributed by atoms with Crippen LogP contribution in [0.15, 0.2) is 0 Å². The van der Waals surface area contributed by atoms with E-state index < -0.39 is 0 Å². The van der Waals surface area contributed by atoms with Crippen LogP contribution >= 0.6 is 0 Å². The summed E-state index contributed by atoms with van der Waals surface area (Å²) in [5.74, 6) is 1.87. The van der Waals surface area contributed by atoms with E-state index in [0.29, 0.717) is 30.5 Å². The largest absolute Gasteiger partial charge is 0.466 e. The highest BCUT2D eigenvalue weighted by atomic mass is 16.5. The number of esters is 1. The lowest BCUT2D eigenvalue weighted by Gasteiger charge is -2.26. The van der Waals surface area contributed by atoms with Gasteiger partial charge in [-0.2, -0.15) is 0 Å². The van der Waals surface area contributed by atoms with Gasteiger partial charge in [0.2, 0.25) is 0 Å². The molecule has 0 saturated heterocycles. The molecule has 2 aliphatic rings. The van der Waals surface area contributed by atoms with Gasteiger partial charge >= 0.3 is 5.97 Å². The molecule has 2 aliphatic carbocycles. The Kier molecular flexibility index (Phi) is 3.01. The molecule has 2 saturated carbocycles. The molecule has 2 rings (SSSR count). The molecule has 0 N–H and O–H groups in total. The topological polar surface area (TPSA) is 35.5 Å². The van der Waals surface area contributed by atoms with Crippen LogP contribution in [-0.2, 0) is 14.3 Å². The highest BCUT2D eigenvalue weighted by Gasteiger charge is 2.59. The van der Waals surface area contributed by atoms with Gasteiger partial charge in [-0.15, -0.1) is 0 Å². The highest BCUT2D eigenvalue weighted by molar-refractivity contribution is 5.76. The number of carbonyl (C=O) groups excluding carboxylic acids is 1. The van der Waals surface area contributed by atoms with Gasteiger partial charge in [0, 0.05) is 7.11 Å². The van der Waals surface area contributed by atoms with E-state index in [4.69, 9.17) is 9.47 Å². The van der Waals surface area contributed by atoms with Gasteiger partial charge in [-0.3, -0.25) is 4.79 Å². The van der Waals surface area contributed by atoms with E-state index in [1.165, 1.54) is 0 Å². The Morgan fingerprint density at radius 2 is 2.00 bits per heavy atom. The third-order valence-electron chi connectivity index (χ3n) is 3.98. The van der Waals surface area contributed by atoms with Gasteiger partial charge < -0.3 is 9.47 Å². The molecule has 0 aromatic rings. The lowest BCUT2D eigenvalue weighted by molar-refractivity contribution is -0.145. The van der Waals surface area contributed by atoms with Crippen LogP contribution in [0.2, 0.25) is 0 Å². The summed E-state index contributed by atoms with van der Waals surface area (Å²) >= 11 is 0. The van der Waals surface area contributed by atoms with Crippen LogP contribution in [0.25, 0.3) is 0 Å². The molecule has 0 spiro atoms. The van der Waals surface area contributed by atoms with Gasteiger partial charge in [0.05, 0.1) is 18.6 Å². The molecule has 0 aliphatic heterocycles. The van der Waals surface area contributed by atoms with Gasteiger partial charge in [-0.1, -0.05) is 6.92 Å². The Hall–Kier alpha value is -0.570. The Bertz CT molecular complexity index is 251. The van der Waals surface area contributed by atoms with E-state index in [-0.39, 0.29) is 11.9 Å². The van der Waals surface area contributed by atoms with Crippen molar-refractivity contribution in [2.24, 2.45) is 23.7 Å². The number of ether oxygens (including phenoxy) is 2. The maximum atomic E-state index is 11.6. The van der Waals surface area contributed by atoms with Crippen LogP contribution in [-0.4, -0.2) is 25.8 Å². The second-order valence-electron chi connectivity index (χ2n) is 4.83. The van der Waals surface area contributed by atoms with Gasteiger partial charge in [0.25, 0.3) is 0 Å². The fourth-order valence-corrected chi connectivity index (χ4v) is 3.09. The maximum Gasteiger partial charge on any atom is 0.309 e. The average molecular weight is 212 g/mol. The molecular formula is C12H20O3. The zero-order chi connectivity index (χ0) is 11.0. The minimum Gasteiger partial charge on any atom is -0.466 e. The van der Waals surface area contributed by atoms with Crippen molar-refractivity contribution >= 4 is 5.97 Å². The molecule has 5 unspecified atom stereocenters. The first-order chi connectivity index (χ1) is 7.19. The predicted molar refractivity (Wildman–Crippen MR) is 56.3 cm³/mol. The van der Waals surface area contributed by atoms with Crippen LogP contribution < -0.4 is 0 Å². The van der Waals surface area contributed by atoms with Crippen molar-refractivity contribution in [3.63, 3.8) is 0 Å². The third kappa shape index (κ3) is 1.89. The first-order valence-corrected chi connectivity index (χ1v) is 5.88. The van der Waals surface area contributed by atoms with E-state index in [2.05, 4.69) is 6.92 Å². The maximum absolute atomic E-state index is 11.6. The summed E-state index contributed by atoms with van der Waals surface area (Å²) in [6, 6.07) is 0. The van der Waals surface area contributed by atoms with Crippen molar-refractivity contribution in [3.05, 3.63) is 0 Å². The van der Waals surface area contributed by atoms with Crippen molar-refractivity contribution in [2.75, 3.05) is 13.7 Å². The minimum absolute atomic E-state index is 0.0106. The summed E-state index contributed by atoms with van der Waals surface area (Å²) in [6.45, 7) is 4.58. The first kappa shape index (κ1) is 10.9. The van der Waals surface area contributed by atoms with Crippen LogP contribution in [0.1, 0.15) is 26.7 Å². The van der Waals surface area contributed by atoms with E-state index in [1.807, 2.05) is 6.92 Å². The average Bonchev–Trinajstić information content (AvgIpc) is 2.89. The Morgan fingerprint density at radius 1 is 1.33 bits per heavy atom. The lowest BCUT2D eigenvalue weighted by Crippen LogP contribution is -2.25. The van der Waals surface area contributed by atoms with E-state index in [9.17, 15) is 4.79 Å². The molecule has 0 heterocycles. The monoisotopic (exact) mass is 212 g/mol. The zero-order valence-electron chi connectivity index (χ0n) is 9.73. The number of methoxy groups -OCH3 is 1. The molecule has 86 valence electrons. The fourth-order valence-electron chi connectivity index (χ4n) is 3.09. The molecule has 0 aromatic heterocycles. The van der Waals surface area contributed by atoms with Crippen molar-refractivity contribution in [1.82, 2.24) is 0 Å². The fraction of sp³-hybridized carbons (Fsp3) is 0.917. The second-order valence-corrected chi connectivity index (χ2v) is 4.83. The van der Waals surface area contributed by atoms with Crippen LogP contribution in [0.4, 0.5) is 0 Å². The van der Waals surface area contributed by atoms with Gasteiger partial charge in [0.1, 0.15) is 0 Å². The van der Waals surface area contributed by atoms with Crippen molar-refractivity contribution in [2.45, 2.75) is 32.8 Å². The van der Waals surface area contributed by atoms with Crippen molar-refractivity contribution < 1.29 is 14.3 Å². The molecule has 15 heavy (non-hydrogen) atoms. The molecule has 3 nitrogen and oxygen atoms in total. The molecule has 0 bridgehead atoms. The predicted octanol–water partition coefficient (Wildman–Crippen LogP) is 1.86. The van der Waals surface area contributed by atoms with Crippen LogP contribution in [0, 0.1) is 23.7 Å². The SMILES string of the molecule is CCOC(=O)C1C2CC(C)C(OC)CC21. The summed E-state index contributed by atoms with van der Waals surface area (Å²) in [5.41, 5.74) is 0. The second kappa shape index (κ2) is 4.12. The number of rotatable bonds is 3. The molecule has 0 aromatic carbocycles. The van der Waals surface area contributed by atoms with E-state index >= 15 is 0 Å². The molecule has 2 fully saturated rings. The molecular weight excluding hydrogens is 192 g/mol. The molecule has 5 atom stereocenters. The third-order valence-corrected chi connectivity index (χ3v) is 3.98. The number of carbonyl (C=O) groups is 1. The zero-order valence-corrected chi connectivity index (χ0v) is 9.73. The van der Waals surface area contributed by atoms with Gasteiger partial charge in [-0.05, 0) is 37.5 Å². The summed E-state index contributed by atoms with van der Waals surface area (Å²) < 4.78 is 10.5.